The standard InChI is InChI=1S/C11H10Cl2N2/c12-9-5-8(7-14)11(10(13)6-9)15-3-1-2-4-15/h1-6H,7,14H2. The van der Waals surface area contributed by atoms with Crippen LogP contribution in [0.1, 0.15) is 5.56 Å². The van der Waals surface area contributed by atoms with Crippen molar-refractivity contribution in [2.24, 2.45) is 5.73 Å². The molecule has 0 atom stereocenters. The van der Waals surface area contributed by atoms with Crippen LogP contribution in [0, 0.1) is 0 Å². The van der Waals surface area contributed by atoms with Crippen LogP contribution >= 0.6 is 23.2 Å². The Labute approximate surface area is 98.2 Å². The van der Waals surface area contributed by atoms with Crippen molar-refractivity contribution in [1.82, 2.24) is 4.57 Å². The van der Waals surface area contributed by atoms with Crippen molar-refractivity contribution in [3.05, 3.63) is 52.3 Å². The summed E-state index contributed by atoms with van der Waals surface area (Å²) < 4.78 is 1.93. The SMILES string of the molecule is NCc1cc(Cl)cc(Cl)c1-n1cccc1. The predicted octanol–water partition coefficient (Wildman–Crippen LogP) is 3.24. The Hall–Kier alpha value is -0.960. The van der Waals surface area contributed by atoms with Crippen molar-refractivity contribution in [1.29, 1.82) is 0 Å². The lowest BCUT2D eigenvalue weighted by atomic mass is 10.1. The summed E-state index contributed by atoms with van der Waals surface area (Å²) in [5.41, 5.74) is 7.49. The smallest absolute Gasteiger partial charge is 0.0683 e. The van der Waals surface area contributed by atoms with Gasteiger partial charge in [0.1, 0.15) is 0 Å². The number of nitrogens with two attached hydrogens (primary N) is 1. The lowest BCUT2D eigenvalue weighted by molar-refractivity contribution is 0.992. The molecule has 1 heterocycles. The molecule has 0 radical (unpaired) electrons. The van der Waals surface area contributed by atoms with Crippen LogP contribution in [0.5, 0.6) is 0 Å². The first-order valence-electron chi connectivity index (χ1n) is 4.53. The third-order valence-corrected chi connectivity index (χ3v) is 2.70. The summed E-state index contributed by atoms with van der Waals surface area (Å²) in [6, 6.07) is 7.43. The quantitative estimate of drug-likeness (QED) is 0.859. The van der Waals surface area contributed by atoms with Gasteiger partial charge in [-0.05, 0) is 29.8 Å². The summed E-state index contributed by atoms with van der Waals surface area (Å²) in [4.78, 5) is 0. The van der Waals surface area contributed by atoms with Crippen LogP contribution < -0.4 is 5.73 Å². The molecule has 0 unspecified atom stereocenters. The number of hydrogen-bond donors (Lipinski definition) is 1. The molecule has 0 saturated carbocycles. The summed E-state index contributed by atoms with van der Waals surface area (Å²) in [5.74, 6) is 0. The third-order valence-electron chi connectivity index (χ3n) is 2.19. The van der Waals surface area contributed by atoms with Crippen molar-refractivity contribution in [3.63, 3.8) is 0 Å². The van der Waals surface area contributed by atoms with Crippen molar-refractivity contribution < 1.29 is 0 Å². The maximum Gasteiger partial charge on any atom is 0.0683 e. The predicted molar refractivity (Wildman–Crippen MR) is 63.7 cm³/mol. The lowest BCUT2D eigenvalue weighted by Crippen LogP contribution is -2.04. The van der Waals surface area contributed by atoms with E-state index in [1.807, 2.05) is 35.2 Å². The number of hydrogen-bond acceptors (Lipinski definition) is 1. The Kier molecular flexibility index (Phi) is 3.00. The molecule has 0 aliphatic carbocycles. The zero-order chi connectivity index (χ0) is 10.8. The van der Waals surface area contributed by atoms with E-state index in [0.29, 0.717) is 16.6 Å². The molecule has 1 aromatic heterocycles. The van der Waals surface area contributed by atoms with Gasteiger partial charge in [0.25, 0.3) is 0 Å². The van der Waals surface area contributed by atoms with Gasteiger partial charge in [0.05, 0.1) is 10.7 Å². The first kappa shape index (κ1) is 10.6. The Bertz CT molecular complexity index is 464. The fourth-order valence-electron chi connectivity index (χ4n) is 1.55. The zero-order valence-electron chi connectivity index (χ0n) is 7.95. The Morgan fingerprint density at radius 1 is 1.13 bits per heavy atom. The maximum atomic E-state index is 6.14. The summed E-state index contributed by atoms with van der Waals surface area (Å²) in [7, 11) is 0. The van der Waals surface area contributed by atoms with Crippen LogP contribution in [-0.4, -0.2) is 4.57 Å². The van der Waals surface area contributed by atoms with Crippen LogP contribution in [0.2, 0.25) is 10.0 Å². The first-order chi connectivity index (χ1) is 7.22. The molecule has 0 spiro atoms. The number of aromatic nitrogens is 1. The highest BCUT2D eigenvalue weighted by atomic mass is 35.5. The van der Waals surface area contributed by atoms with E-state index in [4.69, 9.17) is 28.9 Å². The van der Waals surface area contributed by atoms with E-state index >= 15 is 0 Å². The second-order valence-corrected chi connectivity index (χ2v) is 4.03. The van der Waals surface area contributed by atoms with Crippen molar-refractivity contribution >= 4 is 23.2 Å². The second-order valence-electron chi connectivity index (χ2n) is 3.19. The molecular weight excluding hydrogens is 231 g/mol. The minimum Gasteiger partial charge on any atom is -0.326 e. The number of halogens is 2. The number of nitrogens with zero attached hydrogens (tertiary/aromatic N) is 1. The van der Waals surface area contributed by atoms with E-state index in [2.05, 4.69) is 0 Å². The summed E-state index contributed by atoms with van der Waals surface area (Å²) >= 11 is 12.1. The van der Waals surface area contributed by atoms with Gasteiger partial charge >= 0.3 is 0 Å². The molecule has 1 aromatic carbocycles. The summed E-state index contributed by atoms with van der Waals surface area (Å²) in [6.45, 7) is 0.411. The molecule has 0 bridgehead atoms. The number of rotatable bonds is 2. The molecular formula is C11H10Cl2N2. The van der Waals surface area contributed by atoms with E-state index in [-0.39, 0.29) is 0 Å². The van der Waals surface area contributed by atoms with Gasteiger partial charge < -0.3 is 10.3 Å². The monoisotopic (exact) mass is 240 g/mol. The Balaban J connectivity index is 2.64. The van der Waals surface area contributed by atoms with Crippen molar-refractivity contribution in [2.45, 2.75) is 6.54 Å². The molecule has 78 valence electrons. The van der Waals surface area contributed by atoms with E-state index < -0.39 is 0 Å². The van der Waals surface area contributed by atoms with Crippen LogP contribution in [0.4, 0.5) is 0 Å². The van der Waals surface area contributed by atoms with Gasteiger partial charge in [0.15, 0.2) is 0 Å². The second kappa shape index (κ2) is 4.27. The molecule has 2 nitrogen and oxygen atoms in total. The Morgan fingerprint density at radius 3 is 2.40 bits per heavy atom. The maximum absolute atomic E-state index is 6.14. The van der Waals surface area contributed by atoms with Crippen molar-refractivity contribution in [3.8, 4) is 5.69 Å². The van der Waals surface area contributed by atoms with Gasteiger partial charge in [-0.25, -0.2) is 0 Å². The summed E-state index contributed by atoms with van der Waals surface area (Å²) in [5, 5.41) is 1.22. The normalized spacial score (nSPS) is 10.6. The van der Waals surface area contributed by atoms with Crippen molar-refractivity contribution in [2.75, 3.05) is 0 Å². The van der Waals surface area contributed by atoms with E-state index in [1.165, 1.54) is 0 Å². The molecule has 0 aliphatic rings. The molecule has 2 aromatic rings. The van der Waals surface area contributed by atoms with Gasteiger partial charge in [-0.3, -0.25) is 0 Å². The fraction of sp³-hybridized carbons (Fsp3) is 0.0909. The molecule has 4 heteroatoms. The largest absolute Gasteiger partial charge is 0.326 e. The fourth-order valence-corrected chi connectivity index (χ4v) is 2.18. The van der Waals surface area contributed by atoms with Gasteiger partial charge in [-0.15, -0.1) is 0 Å². The highest BCUT2D eigenvalue weighted by molar-refractivity contribution is 6.36. The van der Waals surface area contributed by atoms with Gasteiger partial charge in [-0.1, -0.05) is 23.2 Å². The minimum atomic E-state index is 0.411. The van der Waals surface area contributed by atoms with E-state index in [0.717, 1.165) is 11.3 Å². The van der Waals surface area contributed by atoms with E-state index in [1.54, 1.807) is 6.07 Å². The lowest BCUT2D eigenvalue weighted by Gasteiger charge is -2.11. The zero-order valence-corrected chi connectivity index (χ0v) is 9.46. The van der Waals surface area contributed by atoms with Crippen LogP contribution in [0.3, 0.4) is 0 Å². The summed E-state index contributed by atoms with van der Waals surface area (Å²) in [6.07, 6.45) is 3.85. The highest BCUT2D eigenvalue weighted by Crippen LogP contribution is 2.28. The third kappa shape index (κ3) is 2.02. The minimum absolute atomic E-state index is 0.411. The van der Waals surface area contributed by atoms with Gasteiger partial charge in [-0.2, -0.15) is 0 Å². The Morgan fingerprint density at radius 2 is 1.80 bits per heavy atom. The molecule has 0 amide bonds. The van der Waals surface area contributed by atoms with E-state index in [9.17, 15) is 0 Å². The molecule has 15 heavy (non-hydrogen) atoms. The molecule has 0 fully saturated rings. The average molecular weight is 241 g/mol. The molecule has 2 N–H and O–H groups in total. The highest BCUT2D eigenvalue weighted by Gasteiger charge is 2.09. The molecule has 2 rings (SSSR count). The molecule has 0 aliphatic heterocycles. The topological polar surface area (TPSA) is 30.9 Å². The molecule has 0 saturated heterocycles. The van der Waals surface area contributed by atoms with Gasteiger partial charge in [0, 0.05) is 24.0 Å². The van der Waals surface area contributed by atoms with Crippen LogP contribution in [0.25, 0.3) is 5.69 Å². The first-order valence-corrected chi connectivity index (χ1v) is 5.29. The van der Waals surface area contributed by atoms with Gasteiger partial charge in [0.2, 0.25) is 0 Å². The van der Waals surface area contributed by atoms with Crippen LogP contribution in [-0.2, 0) is 6.54 Å². The van der Waals surface area contributed by atoms with Crippen LogP contribution in [0.15, 0.2) is 36.7 Å². The average Bonchev–Trinajstić information content (AvgIpc) is 2.69. The number of benzene rings is 1.